The Morgan fingerprint density at radius 1 is 1.33 bits per heavy atom. The van der Waals surface area contributed by atoms with E-state index in [1.165, 1.54) is 0 Å². The largest absolute Gasteiger partial charge is 0.416 e. The molecule has 0 spiro atoms. The molecule has 0 aliphatic carbocycles. The molecule has 0 aromatic carbocycles. The van der Waals surface area contributed by atoms with Crippen LogP contribution in [0.5, 0.6) is 0 Å². The highest BCUT2D eigenvalue weighted by Gasteiger charge is 2.33. The molecule has 0 bridgehead atoms. The molecule has 0 fully saturated rings. The Hall–Kier alpha value is -1.06. The van der Waals surface area contributed by atoms with Crippen LogP contribution < -0.4 is 0 Å². The first-order valence-electron chi connectivity index (χ1n) is 3.06. The van der Waals surface area contributed by atoms with Crippen molar-refractivity contribution in [2.24, 2.45) is 0 Å². The molecule has 68 valence electrons. The number of rotatable bonds is 2. The second kappa shape index (κ2) is 3.56. The maximum Gasteiger partial charge on any atom is 0.416 e. The molecule has 0 nitrogen and oxygen atoms in total. The van der Waals surface area contributed by atoms with Gasteiger partial charge in [-0.05, 0) is 12.5 Å². The molecule has 0 unspecified atom stereocenters. The predicted octanol–water partition coefficient (Wildman–Crippen LogP) is 3.53. The summed E-state index contributed by atoms with van der Waals surface area (Å²) >= 11 is 0. The van der Waals surface area contributed by atoms with Crippen molar-refractivity contribution in [2.75, 3.05) is 0 Å². The molecule has 0 amide bonds. The fourth-order valence-electron chi connectivity index (χ4n) is 0.628. The zero-order valence-electron chi connectivity index (χ0n) is 6.50. The van der Waals surface area contributed by atoms with Gasteiger partial charge in [-0.3, -0.25) is 0 Å². The minimum Gasteiger partial charge on any atom is -0.207 e. The first-order valence-corrected chi connectivity index (χ1v) is 3.06. The molecule has 0 radical (unpaired) electrons. The Labute approximate surface area is 67.9 Å². The van der Waals surface area contributed by atoms with Gasteiger partial charge in [0.15, 0.2) is 0 Å². The van der Waals surface area contributed by atoms with Crippen LogP contribution in [0, 0.1) is 0 Å². The zero-order chi connectivity index (χ0) is 9.94. The molecule has 0 aromatic heterocycles. The third-order valence-corrected chi connectivity index (χ3v) is 1.32. The standard InChI is InChI=1S/C8H8F4/c1-4-7(8(10,11)12)5(2)6(3)9/h4H,1,3H2,2H3/b7-5+. The topological polar surface area (TPSA) is 0 Å². The van der Waals surface area contributed by atoms with E-state index < -0.39 is 23.1 Å². The van der Waals surface area contributed by atoms with Gasteiger partial charge < -0.3 is 0 Å². The normalized spacial score (nSPS) is 13.8. The summed E-state index contributed by atoms with van der Waals surface area (Å²) in [5, 5.41) is 0. The van der Waals surface area contributed by atoms with E-state index in [2.05, 4.69) is 13.2 Å². The minimum atomic E-state index is -4.57. The molecule has 0 saturated heterocycles. The lowest BCUT2D eigenvalue weighted by molar-refractivity contribution is -0.0889. The van der Waals surface area contributed by atoms with E-state index in [9.17, 15) is 17.6 Å². The first-order chi connectivity index (χ1) is 5.30. The van der Waals surface area contributed by atoms with E-state index in [1.807, 2.05) is 0 Å². The average molecular weight is 180 g/mol. The molecule has 0 aromatic rings. The van der Waals surface area contributed by atoms with E-state index in [1.54, 1.807) is 0 Å². The van der Waals surface area contributed by atoms with Gasteiger partial charge in [0.2, 0.25) is 0 Å². The van der Waals surface area contributed by atoms with Crippen LogP contribution in [0.4, 0.5) is 17.6 Å². The van der Waals surface area contributed by atoms with E-state index >= 15 is 0 Å². The number of allylic oxidation sites excluding steroid dienone is 4. The lowest BCUT2D eigenvalue weighted by atomic mass is 10.1. The van der Waals surface area contributed by atoms with Crippen LogP contribution in [0.25, 0.3) is 0 Å². The summed E-state index contributed by atoms with van der Waals surface area (Å²) in [6.45, 7) is 6.72. The molecule has 0 aliphatic rings. The van der Waals surface area contributed by atoms with Crippen molar-refractivity contribution in [1.82, 2.24) is 0 Å². The number of halogens is 4. The molecule has 0 N–H and O–H groups in total. The summed E-state index contributed by atoms with van der Waals surface area (Å²) in [5.41, 5.74) is -1.62. The van der Waals surface area contributed by atoms with Gasteiger partial charge in [0.25, 0.3) is 0 Å². The van der Waals surface area contributed by atoms with Crippen molar-refractivity contribution in [2.45, 2.75) is 13.1 Å². The molecule has 0 aliphatic heterocycles. The van der Waals surface area contributed by atoms with E-state index in [0.29, 0.717) is 6.08 Å². The second-order valence-corrected chi connectivity index (χ2v) is 2.15. The van der Waals surface area contributed by atoms with Crippen molar-refractivity contribution in [3.63, 3.8) is 0 Å². The van der Waals surface area contributed by atoms with Gasteiger partial charge in [-0.1, -0.05) is 19.2 Å². The van der Waals surface area contributed by atoms with Gasteiger partial charge in [0.1, 0.15) is 5.83 Å². The van der Waals surface area contributed by atoms with Crippen LogP contribution in [0.1, 0.15) is 6.92 Å². The fraction of sp³-hybridized carbons (Fsp3) is 0.250. The summed E-state index contributed by atoms with van der Waals surface area (Å²) in [5.74, 6) is -1.10. The third-order valence-electron chi connectivity index (χ3n) is 1.32. The molecule has 0 rings (SSSR count). The lowest BCUT2D eigenvalue weighted by Gasteiger charge is -2.09. The molecule has 4 heteroatoms. The van der Waals surface area contributed by atoms with Crippen LogP contribution in [-0.2, 0) is 0 Å². The highest BCUT2D eigenvalue weighted by molar-refractivity contribution is 5.36. The molecular weight excluding hydrogens is 172 g/mol. The van der Waals surface area contributed by atoms with Gasteiger partial charge in [0, 0.05) is 0 Å². The fourth-order valence-corrected chi connectivity index (χ4v) is 0.628. The zero-order valence-corrected chi connectivity index (χ0v) is 6.50. The Balaban J connectivity index is 5.14. The Bertz CT molecular complexity index is 232. The molecule has 0 saturated carbocycles. The highest BCUT2D eigenvalue weighted by atomic mass is 19.4. The molecule has 0 heterocycles. The number of hydrogen-bond acceptors (Lipinski definition) is 0. The van der Waals surface area contributed by atoms with E-state index in [4.69, 9.17) is 0 Å². The monoisotopic (exact) mass is 180 g/mol. The van der Waals surface area contributed by atoms with Gasteiger partial charge in [-0.2, -0.15) is 13.2 Å². The minimum absolute atomic E-state index is 0.530. The van der Waals surface area contributed by atoms with Crippen molar-refractivity contribution in [3.05, 3.63) is 36.2 Å². The predicted molar refractivity (Wildman–Crippen MR) is 39.2 cm³/mol. The van der Waals surface area contributed by atoms with Crippen LogP contribution in [0.2, 0.25) is 0 Å². The van der Waals surface area contributed by atoms with Gasteiger partial charge in [-0.15, -0.1) is 0 Å². The summed E-state index contributed by atoms with van der Waals surface area (Å²) in [4.78, 5) is 0. The maximum atomic E-state index is 12.3. The van der Waals surface area contributed by atoms with Crippen LogP contribution >= 0.6 is 0 Å². The number of hydrogen-bond donors (Lipinski definition) is 0. The Kier molecular flexibility index (Phi) is 3.24. The third kappa shape index (κ3) is 2.53. The summed E-state index contributed by atoms with van der Waals surface area (Å²) in [6, 6.07) is 0. The first kappa shape index (κ1) is 10.9. The van der Waals surface area contributed by atoms with Gasteiger partial charge >= 0.3 is 6.18 Å². The summed E-state index contributed by atoms with van der Waals surface area (Å²) in [6.07, 6.45) is -4.00. The maximum absolute atomic E-state index is 12.3. The Morgan fingerprint density at radius 2 is 1.75 bits per heavy atom. The van der Waals surface area contributed by atoms with Gasteiger partial charge in [-0.25, -0.2) is 4.39 Å². The highest BCUT2D eigenvalue weighted by Crippen LogP contribution is 2.31. The summed E-state index contributed by atoms with van der Waals surface area (Å²) < 4.78 is 48.2. The van der Waals surface area contributed by atoms with Crippen LogP contribution in [0.15, 0.2) is 36.2 Å². The van der Waals surface area contributed by atoms with Crippen molar-refractivity contribution >= 4 is 0 Å². The molecule has 12 heavy (non-hydrogen) atoms. The van der Waals surface area contributed by atoms with Crippen molar-refractivity contribution in [1.29, 1.82) is 0 Å². The Morgan fingerprint density at radius 3 is 1.83 bits per heavy atom. The van der Waals surface area contributed by atoms with Crippen LogP contribution in [0.3, 0.4) is 0 Å². The van der Waals surface area contributed by atoms with Crippen molar-refractivity contribution in [3.8, 4) is 0 Å². The summed E-state index contributed by atoms with van der Waals surface area (Å²) in [7, 11) is 0. The van der Waals surface area contributed by atoms with Gasteiger partial charge in [0.05, 0.1) is 5.57 Å². The van der Waals surface area contributed by atoms with E-state index in [0.717, 1.165) is 6.92 Å². The smallest absolute Gasteiger partial charge is 0.207 e. The second-order valence-electron chi connectivity index (χ2n) is 2.15. The van der Waals surface area contributed by atoms with Crippen molar-refractivity contribution < 1.29 is 17.6 Å². The lowest BCUT2D eigenvalue weighted by Crippen LogP contribution is -2.11. The molecule has 0 atom stereocenters. The van der Waals surface area contributed by atoms with E-state index in [-0.39, 0.29) is 0 Å². The quantitative estimate of drug-likeness (QED) is 0.450. The number of alkyl halides is 3. The van der Waals surface area contributed by atoms with Crippen LogP contribution in [-0.4, -0.2) is 6.18 Å². The average Bonchev–Trinajstić information content (AvgIpc) is 1.85. The SMILES string of the molecule is C=C/C(=C(/C)C(=C)F)C(F)(F)F. The molecular formula is C8H8F4.